The van der Waals surface area contributed by atoms with Gasteiger partial charge in [0, 0.05) is 10.6 Å². The molecule has 1 aromatic carbocycles. The Morgan fingerprint density at radius 1 is 1.38 bits per heavy atom. The summed E-state index contributed by atoms with van der Waals surface area (Å²) in [6.45, 7) is 6.80. The molecule has 1 N–H and O–H groups in total. The minimum Gasteiger partial charge on any atom is -0.316 e. The summed E-state index contributed by atoms with van der Waals surface area (Å²) in [6, 6.07) is 6.74. The van der Waals surface area contributed by atoms with E-state index in [1.54, 1.807) is 0 Å². The smallest absolute Gasteiger partial charge is 0.0104 e. The van der Waals surface area contributed by atoms with Gasteiger partial charge in [0.15, 0.2) is 0 Å². The van der Waals surface area contributed by atoms with Gasteiger partial charge in [-0.1, -0.05) is 17.7 Å². The first-order chi connectivity index (χ1) is 7.75. The van der Waals surface area contributed by atoms with Crippen LogP contribution in [0.25, 0.3) is 0 Å². The third-order valence-corrected chi connectivity index (χ3v) is 4.61. The summed E-state index contributed by atoms with van der Waals surface area (Å²) < 4.78 is 0. The molecule has 2 rings (SSSR count). The quantitative estimate of drug-likeness (QED) is 0.806. The largest absolute Gasteiger partial charge is 0.316 e. The minimum absolute atomic E-state index is 0.860. The molecule has 1 aromatic rings. The third kappa shape index (κ3) is 3.26. The van der Waals surface area contributed by atoms with Crippen molar-refractivity contribution in [2.75, 3.05) is 18.8 Å². The fourth-order valence-corrected chi connectivity index (χ4v) is 3.40. The summed E-state index contributed by atoms with van der Waals surface area (Å²) in [4.78, 5) is 1.46. The van der Waals surface area contributed by atoms with E-state index in [9.17, 15) is 0 Å². The molecule has 16 heavy (non-hydrogen) atoms. The van der Waals surface area contributed by atoms with Gasteiger partial charge in [-0.3, -0.25) is 0 Å². The second-order valence-corrected chi connectivity index (χ2v) is 5.85. The molecule has 0 bridgehead atoms. The molecule has 0 radical (unpaired) electrons. The van der Waals surface area contributed by atoms with Gasteiger partial charge in [-0.25, -0.2) is 0 Å². The molecule has 1 aliphatic heterocycles. The number of piperidine rings is 1. The molecule has 1 atom stereocenters. The van der Waals surface area contributed by atoms with E-state index in [-0.39, 0.29) is 0 Å². The minimum atomic E-state index is 0.860. The Balaban J connectivity index is 1.90. The average molecular weight is 235 g/mol. The fourth-order valence-electron chi connectivity index (χ4n) is 2.14. The summed E-state index contributed by atoms with van der Waals surface area (Å²) in [5, 5.41) is 3.48. The third-order valence-electron chi connectivity index (χ3n) is 3.22. The molecule has 0 spiro atoms. The lowest BCUT2D eigenvalue weighted by Crippen LogP contribution is -2.30. The zero-order valence-corrected chi connectivity index (χ0v) is 11.1. The van der Waals surface area contributed by atoms with Crippen molar-refractivity contribution in [3.05, 3.63) is 29.3 Å². The van der Waals surface area contributed by atoms with Crippen LogP contribution in [-0.4, -0.2) is 18.8 Å². The highest BCUT2D eigenvalue weighted by Crippen LogP contribution is 2.27. The highest BCUT2D eigenvalue weighted by atomic mass is 32.2. The Morgan fingerprint density at radius 2 is 2.25 bits per heavy atom. The zero-order chi connectivity index (χ0) is 11.4. The first-order valence-corrected chi connectivity index (χ1v) is 7.15. The van der Waals surface area contributed by atoms with Gasteiger partial charge in [-0.15, -0.1) is 11.8 Å². The SMILES string of the molecule is Cc1ccc(C)c(SCC2CCCNC2)c1. The lowest BCUT2D eigenvalue weighted by molar-refractivity contribution is 0.410. The molecule has 1 heterocycles. The number of rotatable bonds is 3. The Morgan fingerprint density at radius 3 is 3.00 bits per heavy atom. The average Bonchev–Trinajstić information content (AvgIpc) is 2.32. The molecule has 1 nitrogen and oxygen atoms in total. The van der Waals surface area contributed by atoms with Crippen LogP contribution < -0.4 is 5.32 Å². The maximum atomic E-state index is 3.48. The highest BCUT2D eigenvalue weighted by Gasteiger charge is 2.13. The number of aryl methyl sites for hydroxylation is 2. The zero-order valence-electron chi connectivity index (χ0n) is 10.3. The highest BCUT2D eigenvalue weighted by molar-refractivity contribution is 7.99. The maximum absolute atomic E-state index is 3.48. The van der Waals surface area contributed by atoms with Gasteiger partial charge in [0.05, 0.1) is 0 Å². The first kappa shape index (κ1) is 12.0. The van der Waals surface area contributed by atoms with Gasteiger partial charge in [-0.2, -0.15) is 0 Å². The van der Waals surface area contributed by atoms with Crippen molar-refractivity contribution in [2.24, 2.45) is 5.92 Å². The molecular formula is C14H21NS. The molecule has 88 valence electrons. The van der Waals surface area contributed by atoms with Crippen molar-refractivity contribution in [2.45, 2.75) is 31.6 Å². The fraction of sp³-hybridized carbons (Fsp3) is 0.571. The van der Waals surface area contributed by atoms with E-state index in [0.717, 1.165) is 5.92 Å². The van der Waals surface area contributed by atoms with Crippen LogP contribution in [0.15, 0.2) is 23.1 Å². The molecule has 0 aliphatic carbocycles. The summed E-state index contributed by atoms with van der Waals surface area (Å²) in [5.41, 5.74) is 2.79. The second-order valence-electron chi connectivity index (χ2n) is 4.79. The maximum Gasteiger partial charge on any atom is 0.0104 e. The number of benzene rings is 1. The van der Waals surface area contributed by atoms with E-state index < -0.39 is 0 Å². The molecule has 2 heteroatoms. The molecule has 1 fully saturated rings. The first-order valence-electron chi connectivity index (χ1n) is 6.16. The lowest BCUT2D eigenvalue weighted by atomic mass is 10.0. The number of hydrogen-bond donors (Lipinski definition) is 1. The van der Waals surface area contributed by atoms with Crippen molar-refractivity contribution in [1.29, 1.82) is 0 Å². The van der Waals surface area contributed by atoms with Crippen LogP contribution in [0, 0.1) is 19.8 Å². The Hall–Kier alpha value is -0.470. The van der Waals surface area contributed by atoms with Crippen LogP contribution in [0.3, 0.4) is 0 Å². The van der Waals surface area contributed by atoms with Crippen molar-refractivity contribution in [1.82, 2.24) is 5.32 Å². The Bertz CT molecular complexity index is 343. The van der Waals surface area contributed by atoms with Gasteiger partial charge in [0.25, 0.3) is 0 Å². The van der Waals surface area contributed by atoms with Gasteiger partial charge >= 0.3 is 0 Å². The Kier molecular flexibility index (Phi) is 4.30. The summed E-state index contributed by atoms with van der Waals surface area (Å²) >= 11 is 2.03. The van der Waals surface area contributed by atoms with E-state index >= 15 is 0 Å². The lowest BCUT2D eigenvalue weighted by Gasteiger charge is -2.22. The van der Waals surface area contributed by atoms with Crippen molar-refractivity contribution >= 4 is 11.8 Å². The van der Waals surface area contributed by atoms with Crippen LogP contribution in [0.4, 0.5) is 0 Å². The van der Waals surface area contributed by atoms with Crippen LogP contribution in [-0.2, 0) is 0 Å². The Labute approximate surface area is 103 Å². The van der Waals surface area contributed by atoms with E-state index in [1.165, 1.54) is 47.7 Å². The summed E-state index contributed by atoms with van der Waals surface area (Å²) in [6.07, 6.45) is 2.74. The topological polar surface area (TPSA) is 12.0 Å². The molecule has 1 aliphatic rings. The van der Waals surface area contributed by atoms with Gasteiger partial charge in [-0.05, 0) is 57.3 Å². The number of hydrogen-bond acceptors (Lipinski definition) is 2. The predicted molar refractivity (Wildman–Crippen MR) is 72.2 cm³/mol. The number of thioether (sulfide) groups is 1. The van der Waals surface area contributed by atoms with E-state index in [2.05, 4.69) is 37.4 Å². The molecule has 1 unspecified atom stereocenters. The van der Waals surface area contributed by atoms with Crippen LogP contribution in [0.1, 0.15) is 24.0 Å². The molecule has 0 amide bonds. The summed E-state index contributed by atoms with van der Waals surface area (Å²) in [5.74, 6) is 2.12. The molecule has 0 aromatic heterocycles. The monoisotopic (exact) mass is 235 g/mol. The molecular weight excluding hydrogens is 214 g/mol. The van der Waals surface area contributed by atoms with Crippen LogP contribution in [0.2, 0.25) is 0 Å². The van der Waals surface area contributed by atoms with E-state index in [4.69, 9.17) is 0 Å². The number of nitrogens with one attached hydrogen (secondary N) is 1. The van der Waals surface area contributed by atoms with Crippen LogP contribution >= 0.6 is 11.8 Å². The van der Waals surface area contributed by atoms with Crippen molar-refractivity contribution in [3.63, 3.8) is 0 Å². The standard InChI is InChI=1S/C14H21NS/c1-11-5-6-12(2)14(8-11)16-10-13-4-3-7-15-9-13/h5-6,8,13,15H,3-4,7,9-10H2,1-2H3. The van der Waals surface area contributed by atoms with E-state index in [1.807, 2.05) is 11.8 Å². The van der Waals surface area contributed by atoms with E-state index in [0.29, 0.717) is 0 Å². The summed E-state index contributed by atoms with van der Waals surface area (Å²) in [7, 11) is 0. The van der Waals surface area contributed by atoms with Gasteiger partial charge < -0.3 is 5.32 Å². The van der Waals surface area contributed by atoms with Gasteiger partial charge in [0.2, 0.25) is 0 Å². The van der Waals surface area contributed by atoms with Gasteiger partial charge in [0.1, 0.15) is 0 Å². The normalized spacial score (nSPS) is 21.0. The van der Waals surface area contributed by atoms with Crippen LogP contribution in [0.5, 0.6) is 0 Å². The predicted octanol–water partition coefficient (Wildman–Crippen LogP) is 3.40. The second kappa shape index (κ2) is 5.74. The van der Waals surface area contributed by atoms with Crippen molar-refractivity contribution in [3.8, 4) is 0 Å². The van der Waals surface area contributed by atoms with Crippen molar-refractivity contribution < 1.29 is 0 Å². The molecule has 1 saturated heterocycles. The molecule has 0 saturated carbocycles.